The number of pyridine rings is 1. The highest BCUT2D eigenvalue weighted by atomic mass is 16.5. The zero-order valence-electron chi connectivity index (χ0n) is 15.3. The minimum Gasteiger partial charge on any atom is -0.496 e. The fraction of sp³-hybridized carbons (Fsp3) is 0.300. The molecule has 3 aromatic rings. The van der Waals surface area contributed by atoms with Crippen molar-refractivity contribution in [3.63, 3.8) is 0 Å². The highest BCUT2D eigenvalue weighted by Gasteiger charge is 2.15. The molecular formula is C20H23NO4. The van der Waals surface area contributed by atoms with Crippen LogP contribution in [0.2, 0.25) is 0 Å². The van der Waals surface area contributed by atoms with Gasteiger partial charge < -0.3 is 23.3 Å². The van der Waals surface area contributed by atoms with Crippen molar-refractivity contribution in [2.75, 3.05) is 28.4 Å². The Balaban J connectivity index is 2.03. The number of aryl methyl sites for hydroxylation is 1. The van der Waals surface area contributed by atoms with E-state index in [1.54, 1.807) is 28.4 Å². The molecule has 3 rings (SSSR count). The molecule has 5 heteroatoms. The lowest BCUT2D eigenvalue weighted by Gasteiger charge is -2.14. The molecule has 0 fully saturated rings. The number of fused-ring (bicyclic) bond motifs is 1. The van der Waals surface area contributed by atoms with Crippen molar-refractivity contribution < 1.29 is 18.9 Å². The number of methoxy groups -OCH3 is 4. The second-order valence-electron chi connectivity index (χ2n) is 5.80. The average molecular weight is 341 g/mol. The molecule has 0 unspecified atom stereocenters. The predicted molar refractivity (Wildman–Crippen MR) is 97.6 cm³/mol. The van der Waals surface area contributed by atoms with E-state index in [1.165, 1.54) is 5.69 Å². The summed E-state index contributed by atoms with van der Waals surface area (Å²) in [4.78, 5) is 0. The maximum absolute atomic E-state index is 5.45. The molecule has 2 heterocycles. The van der Waals surface area contributed by atoms with Gasteiger partial charge in [-0.3, -0.25) is 0 Å². The smallest absolute Gasteiger partial charge is 0.203 e. The molecule has 0 bridgehead atoms. The molecule has 0 aliphatic rings. The summed E-state index contributed by atoms with van der Waals surface area (Å²) in [5, 5.41) is 0. The van der Waals surface area contributed by atoms with Crippen LogP contribution in [0.3, 0.4) is 0 Å². The number of benzene rings is 1. The number of hydrogen-bond donors (Lipinski definition) is 0. The van der Waals surface area contributed by atoms with Crippen molar-refractivity contribution in [2.45, 2.75) is 13.3 Å². The quantitative estimate of drug-likeness (QED) is 0.682. The van der Waals surface area contributed by atoms with Crippen LogP contribution in [0.4, 0.5) is 0 Å². The summed E-state index contributed by atoms with van der Waals surface area (Å²) < 4.78 is 23.9. The standard InChI is InChI=1S/C20H23NO4/c1-13-16-7-6-15(21(16)9-8-17(13)22-2)10-14-11-18(23-3)20(25-5)19(12-14)24-4/h6-9,11-12H,10H2,1-5H3. The molecule has 0 N–H and O–H groups in total. The van der Waals surface area contributed by atoms with Crippen molar-refractivity contribution in [1.29, 1.82) is 0 Å². The van der Waals surface area contributed by atoms with Crippen molar-refractivity contribution in [1.82, 2.24) is 4.40 Å². The molecule has 0 radical (unpaired) electrons. The molecule has 0 aliphatic carbocycles. The van der Waals surface area contributed by atoms with Crippen LogP contribution in [0.5, 0.6) is 23.0 Å². The lowest BCUT2D eigenvalue weighted by molar-refractivity contribution is 0.324. The van der Waals surface area contributed by atoms with Gasteiger partial charge >= 0.3 is 0 Å². The van der Waals surface area contributed by atoms with Gasteiger partial charge in [-0.05, 0) is 42.8 Å². The molecule has 25 heavy (non-hydrogen) atoms. The summed E-state index contributed by atoms with van der Waals surface area (Å²) in [6.45, 7) is 2.07. The van der Waals surface area contributed by atoms with Crippen LogP contribution >= 0.6 is 0 Å². The molecule has 1 aromatic carbocycles. The molecule has 5 nitrogen and oxygen atoms in total. The van der Waals surface area contributed by atoms with Gasteiger partial charge in [-0.15, -0.1) is 0 Å². The Morgan fingerprint density at radius 1 is 0.800 bits per heavy atom. The summed E-state index contributed by atoms with van der Waals surface area (Å²) in [5.74, 6) is 2.82. The minimum absolute atomic E-state index is 0.606. The first kappa shape index (κ1) is 17.0. The lowest BCUT2D eigenvalue weighted by atomic mass is 10.1. The highest BCUT2D eigenvalue weighted by molar-refractivity contribution is 5.62. The number of hydrogen-bond acceptors (Lipinski definition) is 4. The zero-order valence-corrected chi connectivity index (χ0v) is 15.3. The maximum Gasteiger partial charge on any atom is 0.203 e. The Labute approximate surface area is 147 Å². The molecule has 132 valence electrons. The second kappa shape index (κ2) is 6.97. The molecule has 0 spiro atoms. The summed E-state index contributed by atoms with van der Waals surface area (Å²) >= 11 is 0. The van der Waals surface area contributed by atoms with Gasteiger partial charge in [-0.25, -0.2) is 0 Å². The van der Waals surface area contributed by atoms with Crippen LogP contribution in [0.25, 0.3) is 5.52 Å². The van der Waals surface area contributed by atoms with E-state index in [9.17, 15) is 0 Å². The van der Waals surface area contributed by atoms with E-state index in [1.807, 2.05) is 24.4 Å². The van der Waals surface area contributed by atoms with E-state index < -0.39 is 0 Å². The number of rotatable bonds is 6. The first-order chi connectivity index (χ1) is 12.1. The van der Waals surface area contributed by atoms with Crippen LogP contribution in [0.1, 0.15) is 16.8 Å². The molecule has 0 amide bonds. The van der Waals surface area contributed by atoms with Gasteiger partial charge in [0, 0.05) is 23.9 Å². The largest absolute Gasteiger partial charge is 0.496 e. The molecule has 2 aromatic heterocycles. The fourth-order valence-corrected chi connectivity index (χ4v) is 3.18. The van der Waals surface area contributed by atoms with Gasteiger partial charge in [-0.1, -0.05) is 0 Å². The summed E-state index contributed by atoms with van der Waals surface area (Å²) in [6, 6.07) is 10.2. The Kier molecular flexibility index (Phi) is 4.74. The second-order valence-corrected chi connectivity index (χ2v) is 5.80. The minimum atomic E-state index is 0.606. The first-order valence-electron chi connectivity index (χ1n) is 8.05. The van der Waals surface area contributed by atoms with Crippen molar-refractivity contribution >= 4 is 5.52 Å². The van der Waals surface area contributed by atoms with E-state index in [0.29, 0.717) is 17.2 Å². The monoisotopic (exact) mass is 341 g/mol. The fourth-order valence-electron chi connectivity index (χ4n) is 3.18. The third-order valence-electron chi connectivity index (χ3n) is 4.46. The Morgan fingerprint density at radius 3 is 2.00 bits per heavy atom. The SMILES string of the molecule is COc1cc(Cc2ccc3c(C)c(OC)ccn23)cc(OC)c1OC. The Hall–Kier alpha value is -2.82. The first-order valence-corrected chi connectivity index (χ1v) is 8.05. The third kappa shape index (κ3) is 2.97. The Bertz CT molecular complexity index is 873. The summed E-state index contributed by atoms with van der Waals surface area (Å²) in [5.41, 5.74) is 4.53. The predicted octanol–water partition coefficient (Wildman–Crippen LogP) is 3.87. The van der Waals surface area contributed by atoms with Crippen LogP contribution in [0.15, 0.2) is 36.5 Å². The van der Waals surface area contributed by atoms with Crippen molar-refractivity contribution in [3.8, 4) is 23.0 Å². The third-order valence-corrected chi connectivity index (χ3v) is 4.46. The van der Waals surface area contributed by atoms with E-state index in [2.05, 4.69) is 23.5 Å². The summed E-state index contributed by atoms with van der Waals surface area (Å²) in [7, 11) is 6.56. The molecular weight excluding hydrogens is 318 g/mol. The Morgan fingerprint density at radius 2 is 1.44 bits per heavy atom. The van der Waals surface area contributed by atoms with Crippen molar-refractivity contribution in [3.05, 3.63) is 53.3 Å². The van der Waals surface area contributed by atoms with Gasteiger partial charge in [0.15, 0.2) is 11.5 Å². The molecule has 0 saturated carbocycles. The van der Waals surface area contributed by atoms with E-state index in [4.69, 9.17) is 18.9 Å². The average Bonchev–Trinajstić information content (AvgIpc) is 3.04. The van der Waals surface area contributed by atoms with Gasteiger partial charge in [0.25, 0.3) is 0 Å². The molecule has 0 aliphatic heterocycles. The number of aromatic nitrogens is 1. The highest BCUT2D eigenvalue weighted by Crippen LogP contribution is 2.38. The van der Waals surface area contributed by atoms with Crippen LogP contribution in [-0.4, -0.2) is 32.8 Å². The van der Waals surface area contributed by atoms with Gasteiger partial charge in [0.05, 0.1) is 34.0 Å². The van der Waals surface area contributed by atoms with E-state index in [0.717, 1.165) is 28.8 Å². The normalized spacial score (nSPS) is 10.8. The van der Waals surface area contributed by atoms with Gasteiger partial charge in [-0.2, -0.15) is 0 Å². The van der Waals surface area contributed by atoms with E-state index >= 15 is 0 Å². The van der Waals surface area contributed by atoms with Crippen molar-refractivity contribution in [2.24, 2.45) is 0 Å². The topological polar surface area (TPSA) is 41.3 Å². The van der Waals surface area contributed by atoms with Crippen LogP contribution < -0.4 is 18.9 Å². The van der Waals surface area contributed by atoms with Crippen LogP contribution in [-0.2, 0) is 6.42 Å². The maximum atomic E-state index is 5.45. The zero-order chi connectivity index (χ0) is 18.0. The van der Waals surface area contributed by atoms with Gasteiger partial charge in [0.1, 0.15) is 5.75 Å². The molecule has 0 atom stereocenters. The number of nitrogens with zero attached hydrogens (tertiary/aromatic N) is 1. The number of ether oxygens (including phenoxy) is 4. The lowest BCUT2D eigenvalue weighted by Crippen LogP contribution is -2.00. The molecule has 0 saturated heterocycles. The summed E-state index contributed by atoms with van der Waals surface area (Å²) in [6.07, 6.45) is 2.78. The van der Waals surface area contributed by atoms with Crippen LogP contribution in [0, 0.1) is 6.92 Å². The van der Waals surface area contributed by atoms with Gasteiger partial charge in [0.2, 0.25) is 5.75 Å². The van der Waals surface area contributed by atoms with E-state index in [-0.39, 0.29) is 0 Å².